The van der Waals surface area contributed by atoms with Crippen LogP contribution >= 0.6 is 15.9 Å². The van der Waals surface area contributed by atoms with E-state index in [1.54, 1.807) is 12.1 Å². The van der Waals surface area contributed by atoms with Crippen molar-refractivity contribution in [1.29, 1.82) is 0 Å². The number of hydrogen-bond acceptors (Lipinski definition) is 3. The van der Waals surface area contributed by atoms with Crippen molar-refractivity contribution < 1.29 is 9.53 Å². The Morgan fingerprint density at radius 3 is 2.87 bits per heavy atom. The number of nitrogens with two attached hydrogens (primary N) is 1. The molecule has 0 aromatic heterocycles. The van der Waals surface area contributed by atoms with Crippen molar-refractivity contribution in [2.24, 2.45) is 0 Å². The highest BCUT2D eigenvalue weighted by Gasteiger charge is 2.08. The highest BCUT2D eigenvalue weighted by molar-refractivity contribution is 9.09. The Kier molecular flexibility index (Phi) is 4.62. The minimum atomic E-state index is 0.126. The Balaban J connectivity index is 2.89. The van der Waals surface area contributed by atoms with Crippen LogP contribution in [0.4, 0.5) is 5.69 Å². The summed E-state index contributed by atoms with van der Waals surface area (Å²) in [4.78, 5) is 11.3. The molecule has 0 fully saturated rings. The van der Waals surface area contributed by atoms with E-state index in [2.05, 4.69) is 15.9 Å². The first-order chi connectivity index (χ1) is 7.17. The lowest BCUT2D eigenvalue weighted by atomic mass is 10.1. The van der Waals surface area contributed by atoms with Gasteiger partial charge in [0.2, 0.25) is 0 Å². The van der Waals surface area contributed by atoms with Crippen molar-refractivity contribution in [3.05, 3.63) is 23.8 Å². The van der Waals surface area contributed by atoms with E-state index in [4.69, 9.17) is 10.5 Å². The van der Waals surface area contributed by atoms with Crippen LogP contribution in [0.1, 0.15) is 12.5 Å². The highest BCUT2D eigenvalue weighted by atomic mass is 79.9. The Morgan fingerprint density at radius 2 is 2.27 bits per heavy atom. The Morgan fingerprint density at radius 1 is 1.53 bits per heavy atom. The molecule has 0 saturated heterocycles. The molecule has 0 saturated carbocycles. The van der Waals surface area contributed by atoms with Crippen LogP contribution in [0, 0.1) is 0 Å². The molecule has 1 aromatic carbocycles. The Bertz CT molecular complexity index is 352. The third-order valence-corrected chi connectivity index (χ3v) is 2.55. The van der Waals surface area contributed by atoms with Gasteiger partial charge in [-0.2, -0.15) is 0 Å². The van der Waals surface area contributed by atoms with E-state index in [-0.39, 0.29) is 5.78 Å². The number of Topliss-reactive ketones (excluding diaryl/α,β-unsaturated/α-hetero) is 1. The van der Waals surface area contributed by atoms with Crippen molar-refractivity contribution in [1.82, 2.24) is 0 Å². The standard InChI is InChI=1S/C11H14BrNO2/c1-2-15-11-6-9(13)4-3-8(11)5-10(14)7-12/h3-4,6H,2,5,7,13H2,1H3. The summed E-state index contributed by atoms with van der Waals surface area (Å²) in [6.45, 7) is 2.47. The van der Waals surface area contributed by atoms with Crippen molar-refractivity contribution in [2.45, 2.75) is 13.3 Å². The quantitative estimate of drug-likeness (QED) is 0.660. The van der Waals surface area contributed by atoms with Gasteiger partial charge in [-0.05, 0) is 13.0 Å². The molecule has 0 radical (unpaired) electrons. The molecule has 1 aromatic rings. The van der Waals surface area contributed by atoms with E-state index in [1.165, 1.54) is 0 Å². The fourth-order valence-corrected chi connectivity index (χ4v) is 1.46. The van der Waals surface area contributed by atoms with Gasteiger partial charge in [0, 0.05) is 23.7 Å². The van der Waals surface area contributed by atoms with Gasteiger partial charge in [0.25, 0.3) is 0 Å². The molecule has 0 aliphatic carbocycles. The first kappa shape index (κ1) is 12.0. The summed E-state index contributed by atoms with van der Waals surface area (Å²) in [6.07, 6.45) is 0.376. The highest BCUT2D eigenvalue weighted by Crippen LogP contribution is 2.22. The van der Waals surface area contributed by atoms with Crippen molar-refractivity contribution in [3.63, 3.8) is 0 Å². The summed E-state index contributed by atoms with van der Waals surface area (Å²) in [5.41, 5.74) is 7.18. The maximum Gasteiger partial charge on any atom is 0.147 e. The summed E-state index contributed by atoms with van der Waals surface area (Å²) in [6, 6.07) is 5.36. The van der Waals surface area contributed by atoms with Crippen molar-refractivity contribution in [3.8, 4) is 5.75 Å². The van der Waals surface area contributed by atoms with Gasteiger partial charge in [-0.3, -0.25) is 4.79 Å². The number of halogens is 1. The summed E-state index contributed by atoms with van der Waals surface area (Å²) in [5, 5.41) is 0.364. The van der Waals surface area contributed by atoms with E-state index >= 15 is 0 Å². The van der Waals surface area contributed by atoms with Crippen LogP contribution in [0.2, 0.25) is 0 Å². The van der Waals surface area contributed by atoms with E-state index in [0.29, 0.717) is 29.8 Å². The van der Waals surface area contributed by atoms with Gasteiger partial charge in [-0.15, -0.1) is 0 Å². The first-order valence-electron chi connectivity index (χ1n) is 4.76. The second kappa shape index (κ2) is 5.75. The predicted molar refractivity (Wildman–Crippen MR) is 64.5 cm³/mol. The number of ether oxygens (including phenoxy) is 1. The molecule has 0 aliphatic rings. The van der Waals surface area contributed by atoms with Crippen LogP contribution < -0.4 is 10.5 Å². The van der Waals surface area contributed by atoms with Crippen LogP contribution in [0.25, 0.3) is 0 Å². The van der Waals surface area contributed by atoms with E-state index in [0.717, 1.165) is 5.56 Å². The maximum absolute atomic E-state index is 11.3. The monoisotopic (exact) mass is 271 g/mol. The average Bonchev–Trinajstić information content (AvgIpc) is 2.22. The molecule has 0 amide bonds. The minimum absolute atomic E-state index is 0.126. The second-order valence-electron chi connectivity index (χ2n) is 3.15. The van der Waals surface area contributed by atoms with E-state index in [1.807, 2.05) is 13.0 Å². The summed E-state index contributed by atoms with van der Waals surface area (Å²) >= 11 is 3.14. The summed E-state index contributed by atoms with van der Waals surface area (Å²) < 4.78 is 5.42. The Labute approximate surface area is 97.7 Å². The number of rotatable bonds is 5. The zero-order chi connectivity index (χ0) is 11.3. The molecule has 0 atom stereocenters. The van der Waals surface area contributed by atoms with Crippen LogP contribution in [-0.4, -0.2) is 17.7 Å². The number of carbonyl (C=O) groups excluding carboxylic acids is 1. The number of benzene rings is 1. The SMILES string of the molecule is CCOc1cc(N)ccc1CC(=O)CBr. The van der Waals surface area contributed by atoms with E-state index in [9.17, 15) is 4.79 Å². The first-order valence-corrected chi connectivity index (χ1v) is 5.88. The molecule has 0 bridgehead atoms. The molecule has 2 N–H and O–H groups in total. The second-order valence-corrected chi connectivity index (χ2v) is 3.71. The van der Waals surface area contributed by atoms with Crippen molar-refractivity contribution in [2.75, 3.05) is 17.7 Å². The van der Waals surface area contributed by atoms with Gasteiger partial charge < -0.3 is 10.5 Å². The fraction of sp³-hybridized carbons (Fsp3) is 0.364. The average molecular weight is 272 g/mol. The van der Waals surface area contributed by atoms with Gasteiger partial charge in [-0.25, -0.2) is 0 Å². The number of carbonyl (C=O) groups is 1. The molecule has 0 aliphatic heterocycles. The lowest BCUT2D eigenvalue weighted by Gasteiger charge is -2.09. The zero-order valence-electron chi connectivity index (χ0n) is 8.63. The van der Waals surface area contributed by atoms with Crippen LogP contribution in [-0.2, 0) is 11.2 Å². The molecule has 0 unspecified atom stereocenters. The molecule has 0 heterocycles. The molecular formula is C11H14BrNO2. The number of nitrogen functional groups attached to an aromatic ring is 1. The molecular weight excluding hydrogens is 258 g/mol. The molecule has 4 heteroatoms. The molecule has 3 nitrogen and oxygen atoms in total. The largest absolute Gasteiger partial charge is 0.494 e. The maximum atomic E-state index is 11.3. The molecule has 0 spiro atoms. The third kappa shape index (κ3) is 3.55. The van der Waals surface area contributed by atoms with E-state index < -0.39 is 0 Å². The summed E-state index contributed by atoms with van der Waals surface area (Å²) in [5.74, 6) is 0.826. The predicted octanol–water partition coefficient (Wildman–Crippen LogP) is 2.17. The van der Waals surface area contributed by atoms with Gasteiger partial charge in [0.05, 0.1) is 11.9 Å². The molecule has 1 rings (SSSR count). The fourth-order valence-electron chi connectivity index (χ4n) is 1.27. The van der Waals surface area contributed by atoms with Crippen LogP contribution in [0.15, 0.2) is 18.2 Å². The number of alkyl halides is 1. The Hall–Kier alpha value is -1.03. The molecule has 82 valence electrons. The summed E-state index contributed by atoms with van der Waals surface area (Å²) in [7, 11) is 0. The van der Waals surface area contributed by atoms with Crippen molar-refractivity contribution >= 4 is 27.4 Å². The lowest BCUT2D eigenvalue weighted by Crippen LogP contribution is -2.06. The topological polar surface area (TPSA) is 52.3 Å². The molecule has 15 heavy (non-hydrogen) atoms. The van der Waals surface area contributed by atoms with Gasteiger partial charge >= 0.3 is 0 Å². The van der Waals surface area contributed by atoms with Gasteiger partial charge in [0.15, 0.2) is 0 Å². The lowest BCUT2D eigenvalue weighted by molar-refractivity contribution is -0.115. The van der Waals surface area contributed by atoms with Crippen LogP contribution in [0.5, 0.6) is 5.75 Å². The minimum Gasteiger partial charge on any atom is -0.494 e. The number of ketones is 1. The third-order valence-electron chi connectivity index (χ3n) is 1.93. The number of hydrogen-bond donors (Lipinski definition) is 1. The zero-order valence-corrected chi connectivity index (χ0v) is 10.2. The number of anilines is 1. The smallest absolute Gasteiger partial charge is 0.147 e. The van der Waals surface area contributed by atoms with Gasteiger partial charge in [-0.1, -0.05) is 22.0 Å². The van der Waals surface area contributed by atoms with Gasteiger partial charge in [0.1, 0.15) is 11.5 Å². The van der Waals surface area contributed by atoms with Crippen LogP contribution in [0.3, 0.4) is 0 Å². The normalized spacial score (nSPS) is 10.0.